The summed E-state index contributed by atoms with van der Waals surface area (Å²) >= 11 is 0. The number of hydrogen-bond acceptors (Lipinski definition) is 3. The van der Waals surface area contributed by atoms with Crippen LogP contribution in [0.4, 0.5) is 0 Å². The Balaban J connectivity index is 1.91. The van der Waals surface area contributed by atoms with Gasteiger partial charge in [-0.15, -0.1) is 0 Å². The summed E-state index contributed by atoms with van der Waals surface area (Å²) in [6.45, 7) is 6.20. The third kappa shape index (κ3) is 4.72. The first-order valence-corrected chi connectivity index (χ1v) is 8.25. The van der Waals surface area contributed by atoms with Crippen molar-refractivity contribution in [3.05, 3.63) is 29.8 Å². The lowest BCUT2D eigenvalue weighted by molar-refractivity contribution is -0.0291. The fourth-order valence-corrected chi connectivity index (χ4v) is 3.06. The standard InChI is InChI=1S/C18H29NO2/c1-4-10-19-18(13-14-11-17(12-14)21-5-2)15-6-8-16(20-3)9-7-15/h6-9,14,17-19H,4-5,10-13H2,1-3H3. The zero-order valence-electron chi connectivity index (χ0n) is 13.6. The Morgan fingerprint density at radius 2 is 1.90 bits per heavy atom. The van der Waals surface area contributed by atoms with Crippen LogP contribution in [0.1, 0.15) is 51.1 Å². The number of ether oxygens (including phenoxy) is 2. The van der Waals surface area contributed by atoms with Crippen molar-refractivity contribution in [1.82, 2.24) is 5.32 Å². The lowest BCUT2D eigenvalue weighted by Gasteiger charge is -2.37. The smallest absolute Gasteiger partial charge is 0.118 e. The van der Waals surface area contributed by atoms with Gasteiger partial charge in [-0.3, -0.25) is 0 Å². The van der Waals surface area contributed by atoms with Crippen LogP contribution in [0.2, 0.25) is 0 Å². The first-order chi connectivity index (χ1) is 10.3. The summed E-state index contributed by atoms with van der Waals surface area (Å²) in [5.41, 5.74) is 1.36. The second-order valence-electron chi connectivity index (χ2n) is 5.93. The van der Waals surface area contributed by atoms with E-state index >= 15 is 0 Å². The molecule has 3 nitrogen and oxygen atoms in total. The molecule has 0 aromatic heterocycles. The van der Waals surface area contributed by atoms with Gasteiger partial charge in [0.25, 0.3) is 0 Å². The van der Waals surface area contributed by atoms with Crippen LogP contribution in [-0.4, -0.2) is 26.4 Å². The maximum absolute atomic E-state index is 5.67. The first-order valence-electron chi connectivity index (χ1n) is 8.25. The molecule has 1 saturated carbocycles. The highest BCUT2D eigenvalue weighted by atomic mass is 16.5. The van der Waals surface area contributed by atoms with Gasteiger partial charge in [0.15, 0.2) is 0 Å². The number of hydrogen-bond donors (Lipinski definition) is 1. The average Bonchev–Trinajstić information content (AvgIpc) is 2.48. The Kier molecular flexibility index (Phi) is 6.52. The van der Waals surface area contributed by atoms with Crippen LogP contribution in [0.5, 0.6) is 5.75 Å². The van der Waals surface area contributed by atoms with Crippen molar-refractivity contribution in [2.75, 3.05) is 20.3 Å². The van der Waals surface area contributed by atoms with Crippen molar-refractivity contribution in [2.45, 2.75) is 51.7 Å². The van der Waals surface area contributed by atoms with Crippen molar-refractivity contribution in [3.63, 3.8) is 0 Å². The van der Waals surface area contributed by atoms with Crippen LogP contribution < -0.4 is 10.1 Å². The van der Waals surface area contributed by atoms with E-state index in [1.807, 2.05) is 0 Å². The summed E-state index contributed by atoms with van der Waals surface area (Å²) in [7, 11) is 1.71. The van der Waals surface area contributed by atoms with E-state index in [0.717, 1.165) is 24.8 Å². The minimum atomic E-state index is 0.448. The van der Waals surface area contributed by atoms with Crippen molar-refractivity contribution in [1.29, 1.82) is 0 Å². The Bertz CT molecular complexity index is 398. The lowest BCUT2D eigenvalue weighted by Crippen LogP contribution is -2.35. The molecule has 21 heavy (non-hydrogen) atoms. The van der Waals surface area contributed by atoms with Crippen LogP contribution in [-0.2, 0) is 4.74 Å². The molecule has 0 radical (unpaired) electrons. The van der Waals surface area contributed by atoms with Crippen LogP contribution in [0, 0.1) is 5.92 Å². The quantitative estimate of drug-likeness (QED) is 0.747. The molecule has 1 aromatic rings. The number of methoxy groups -OCH3 is 1. The monoisotopic (exact) mass is 291 g/mol. The predicted molar refractivity (Wildman–Crippen MR) is 86.8 cm³/mol. The Hall–Kier alpha value is -1.06. The third-order valence-electron chi connectivity index (χ3n) is 4.32. The molecule has 0 heterocycles. The van der Waals surface area contributed by atoms with E-state index in [2.05, 4.69) is 43.4 Å². The van der Waals surface area contributed by atoms with Gasteiger partial charge in [0, 0.05) is 12.6 Å². The van der Waals surface area contributed by atoms with Crippen molar-refractivity contribution in [3.8, 4) is 5.75 Å². The molecule has 1 unspecified atom stereocenters. The molecule has 0 spiro atoms. The lowest BCUT2D eigenvalue weighted by atomic mass is 9.77. The Morgan fingerprint density at radius 1 is 1.19 bits per heavy atom. The molecule has 1 atom stereocenters. The summed E-state index contributed by atoms with van der Waals surface area (Å²) in [6.07, 6.45) is 5.31. The summed E-state index contributed by atoms with van der Waals surface area (Å²) in [4.78, 5) is 0. The molecule has 0 saturated heterocycles. The SMILES string of the molecule is CCCNC(CC1CC(OCC)C1)c1ccc(OC)cc1. The topological polar surface area (TPSA) is 30.5 Å². The van der Waals surface area contributed by atoms with Crippen molar-refractivity contribution in [2.24, 2.45) is 5.92 Å². The van der Waals surface area contributed by atoms with Gasteiger partial charge in [0.2, 0.25) is 0 Å². The molecule has 1 N–H and O–H groups in total. The van der Waals surface area contributed by atoms with Gasteiger partial charge in [-0.2, -0.15) is 0 Å². The van der Waals surface area contributed by atoms with Crippen LogP contribution in [0.15, 0.2) is 24.3 Å². The number of nitrogens with one attached hydrogen (secondary N) is 1. The van der Waals surface area contributed by atoms with Gasteiger partial charge in [0.05, 0.1) is 13.2 Å². The second kappa shape index (κ2) is 8.40. The highest BCUT2D eigenvalue weighted by molar-refractivity contribution is 5.29. The second-order valence-corrected chi connectivity index (χ2v) is 5.93. The van der Waals surface area contributed by atoms with E-state index < -0.39 is 0 Å². The maximum atomic E-state index is 5.67. The molecule has 3 heteroatoms. The van der Waals surface area contributed by atoms with Gasteiger partial charge in [-0.25, -0.2) is 0 Å². The summed E-state index contributed by atoms with van der Waals surface area (Å²) in [6, 6.07) is 8.93. The van der Waals surface area contributed by atoms with Crippen molar-refractivity contribution >= 4 is 0 Å². The molecule has 2 rings (SSSR count). The van der Waals surface area contributed by atoms with E-state index in [-0.39, 0.29) is 0 Å². The molecule has 1 aliphatic rings. The molecule has 0 amide bonds. The normalized spacial score (nSPS) is 22.6. The summed E-state index contributed by atoms with van der Waals surface area (Å²) in [5, 5.41) is 3.69. The molecule has 0 aliphatic heterocycles. The summed E-state index contributed by atoms with van der Waals surface area (Å²) < 4.78 is 10.9. The largest absolute Gasteiger partial charge is 0.497 e. The first kappa shape index (κ1) is 16.3. The van der Waals surface area contributed by atoms with E-state index in [1.54, 1.807) is 7.11 Å². The summed E-state index contributed by atoms with van der Waals surface area (Å²) in [5.74, 6) is 1.71. The van der Waals surface area contributed by atoms with Crippen LogP contribution in [0.25, 0.3) is 0 Å². The average molecular weight is 291 g/mol. The van der Waals surface area contributed by atoms with Crippen LogP contribution >= 0.6 is 0 Å². The van der Waals surface area contributed by atoms with E-state index in [4.69, 9.17) is 9.47 Å². The minimum Gasteiger partial charge on any atom is -0.497 e. The predicted octanol–water partition coefficient (Wildman–Crippen LogP) is 3.94. The molecule has 1 fully saturated rings. The fourth-order valence-electron chi connectivity index (χ4n) is 3.06. The highest BCUT2D eigenvalue weighted by Gasteiger charge is 2.31. The minimum absolute atomic E-state index is 0.448. The highest BCUT2D eigenvalue weighted by Crippen LogP contribution is 2.37. The Morgan fingerprint density at radius 3 is 2.48 bits per heavy atom. The van der Waals surface area contributed by atoms with Gasteiger partial charge >= 0.3 is 0 Å². The van der Waals surface area contributed by atoms with E-state index in [9.17, 15) is 0 Å². The number of rotatable bonds is 9. The van der Waals surface area contributed by atoms with Crippen LogP contribution in [0.3, 0.4) is 0 Å². The molecule has 118 valence electrons. The zero-order chi connectivity index (χ0) is 15.1. The van der Waals surface area contributed by atoms with Gasteiger partial charge < -0.3 is 14.8 Å². The van der Waals surface area contributed by atoms with Gasteiger partial charge in [-0.05, 0) is 62.8 Å². The molecular weight excluding hydrogens is 262 g/mol. The fraction of sp³-hybridized carbons (Fsp3) is 0.667. The molecule has 0 bridgehead atoms. The maximum Gasteiger partial charge on any atom is 0.118 e. The molecule has 1 aliphatic carbocycles. The molecule has 1 aromatic carbocycles. The number of benzene rings is 1. The van der Waals surface area contributed by atoms with Crippen molar-refractivity contribution < 1.29 is 9.47 Å². The van der Waals surface area contributed by atoms with E-state index in [1.165, 1.54) is 31.2 Å². The van der Waals surface area contributed by atoms with E-state index in [0.29, 0.717) is 12.1 Å². The van der Waals surface area contributed by atoms with Gasteiger partial charge in [-0.1, -0.05) is 19.1 Å². The molecular formula is C18H29NO2. The Labute approximate surface area is 129 Å². The third-order valence-corrected chi connectivity index (χ3v) is 4.32. The van der Waals surface area contributed by atoms with Gasteiger partial charge in [0.1, 0.15) is 5.75 Å². The zero-order valence-corrected chi connectivity index (χ0v) is 13.6.